The highest BCUT2D eigenvalue weighted by molar-refractivity contribution is 5.90. The van der Waals surface area contributed by atoms with Crippen molar-refractivity contribution in [2.45, 2.75) is 26.4 Å². The Kier molecular flexibility index (Phi) is 4.83. The molecule has 0 radical (unpaired) electrons. The maximum absolute atomic E-state index is 10.8. The molecule has 3 amide bonds. The zero-order valence-electron chi connectivity index (χ0n) is 7.51. The number of alkyl carbamates (subject to hydrolysis) is 1. The largest absolute Gasteiger partial charge is 0.446 e. The molecular weight excluding hydrogens is 160 g/mol. The van der Waals surface area contributed by atoms with Crippen LogP contribution in [0.15, 0.2) is 0 Å². The van der Waals surface area contributed by atoms with Crippen molar-refractivity contribution in [3.63, 3.8) is 0 Å². The van der Waals surface area contributed by atoms with Gasteiger partial charge < -0.3 is 10.1 Å². The maximum atomic E-state index is 10.8. The fraction of sp³-hybridized carbons (Fsp3) is 0.714. The van der Waals surface area contributed by atoms with Gasteiger partial charge in [0.15, 0.2) is 0 Å². The maximum Gasteiger partial charge on any atom is 0.415 e. The molecule has 0 fully saturated rings. The van der Waals surface area contributed by atoms with E-state index < -0.39 is 12.1 Å². The first-order valence-corrected chi connectivity index (χ1v) is 3.79. The minimum Gasteiger partial charge on any atom is -0.446 e. The number of imide groups is 1. The van der Waals surface area contributed by atoms with Crippen molar-refractivity contribution in [2.24, 2.45) is 0 Å². The molecule has 0 rings (SSSR count). The molecule has 70 valence electrons. The van der Waals surface area contributed by atoms with Gasteiger partial charge >= 0.3 is 12.1 Å². The molecule has 0 aromatic carbocycles. The van der Waals surface area contributed by atoms with Gasteiger partial charge in [-0.05, 0) is 13.3 Å². The Balaban J connectivity index is 3.66. The quantitative estimate of drug-likeness (QED) is 0.652. The lowest BCUT2D eigenvalue weighted by Gasteiger charge is -2.10. The number of carbonyl (C=O) groups is 2. The van der Waals surface area contributed by atoms with Crippen molar-refractivity contribution in [3.05, 3.63) is 0 Å². The Morgan fingerprint density at radius 2 is 2.08 bits per heavy atom. The minimum atomic E-state index is -0.719. The Morgan fingerprint density at radius 3 is 2.50 bits per heavy atom. The molecule has 1 unspecified atom stereocenters. The van der Waals surface area contributed by atoms with Crippen LogP contribution in [0.2, 0.25) is 0 Å². The molecule has 0 bridgehead atoms. The first-order chi connectivity index (χ1) is 5.60. The van der Waals surface area contributed by atoms with Gasteiger partial charge in [-0.3, -0.25) is 0 Å². The van der Waals surface area contributed by atoms with Crippen LogP contribution >= 0.6 is 0 Å². The number of amides is 3. The number of hydrogen-bond acceptors (Lipinski definition) is 3. The van der Waals surface area contributed by atoms with Crippen LogP contribution < -0.4 is 10.6 Å². The molecule has 0 aliphatic rings. The summed E-state index contributed by atoms with van der Waals surface area (Å²) in [7, 11) is 1.42. The van der Waals surface area contributed by atoms with Crippen LogP contribution in [-0.2, 0) is 4.74 Å². The predicted octanol–water partition coefficient (Wildman–Crippen LogP) is 0.850. The average molecular weight is 174 g/mol. The van der Waals surface area contributed by atoms with E-state index >= 15 is 0 Å². The van der Waals surface area contributed by atoms with Gasteiger partial charge in [-0.25, -0.2) is 14.9 Å². The van der Waals surface area contributed by atoms with E-state index in [4.69, 9.17) is 4.74 Å². The van der Waals surface area contributed by atoms with Crippen LogP contribution in [0.3, 0.4) is 0 Å². The molecule has 0 aromatic heterocycles. The predicted molar refractivity (Wildman–Crippen MR) is 43.8 cm³/mol. The first kappa shape index (κ1) is 10.7. The summed E-state index contributed by atoms with van der Waals surface area (Å²) in [6.07, 6.45) is -0.167. The molecular formula is C7H14N2O3. The van der Waals surface area contributed by atoms with E-state index in [2.05, 4.69) is 5.32 Å². The lowest BCUT2D eigenvalue weighted by atomic mass is 10.3. The summed E-state index contributed by atoms with van der Waals surface area (Å²) in [5.74, 6) is 0. The first-order valence-electron chi connectivity index (χ1n) is 3.79. The van der Waals surface area contributed by atoms with Crippen molar-refractivity contribution in [1.82, 2.24) is 10.6 Å². The molecule has 5 nitrogen and oxygen atoms in total. The van der Waals surface area contributed by atoms with E-state index in [1.165, 1.54) is 7.05 Å². The highest BCUT2D eigenvalue weighted by Gasteiger charge is 2.09. The third-order valence-corrected chi connectivity index (χ3v) is 1.33. The summed E-state index contributed by atoms with van der Waals surface area (Å²) in [5.41, 5.74) is 0. The van der Waals surface area contributed by atoms with E-state index in [0.29, 0.717) is 0 Å². The summed E-state index contributed by atoms with van der Waals surface area (Å²) < 4.78 is 4.76. The number of nitrogens with one attached hydrogen (secondary N) is 2. The van der Waals surface area contributed by atoms with Crippen molar-refractivity contribution in [1.29, 1.82) is 0 Å². The van der Waals surface area contributed by atoms with Crippen LogP contribution in [0.5, 0.6) is 0 Å². The minimum absolute atomic E-state index is 0.172. The van der Waals surface area contributed by atoms with Gasteiger partial charge in [0.25, 0.3) is 0 Å². The summed E-state index contributed by atoms with van der Waals surface area (Å²) in [6.45, 7) is 3.64. The molecule has 0 saturated heterocycles. The molecule has 1 atom stereocenters. The fourth-order valence-corrected chi connectivity index (χ4v) is 0.451. The average Bonchev–Trinajstić information content (AvgIpc) is 2.03. The van der Waals surface area contributed by atoms with Crippen LogP contribution in [-0.4, -0.2) is 25.3 Å². The second-order valence-electron chi connectivity index (χ2n) is 2.33. The van der Waals surface area contributed by atoms with E-state index in [-0.39, 0.29) is 6.10 Å². The highest BCUT2D eigenvalue weighted by atomic mass is 16.6. The second-order valence-corrected chi connectivity index (χ2v) is 2.33. The molecule has 12 heavy (non-hydrogen) atoms. The lowest BCUT2D eigenvalue weighted by molar-refractivity contribution is 0.107. The number of rotatable bonds is 2. The van der Waals surface area contributed by atoms with Crippen LogP contribution in [0.4, 0.5) is 9.59 Å². The van der Waals surface area contributed by atoms with E-state index in [0.717, 1.165) is 6.42 Å². The SMILES string of the molecule is CCC(C)OC(=O)NC(=O)NC. The zero-order chi connectivity index (χ0) is 9.56. The van der Waals surface area contributed by atoms with Gasteiger partial charge in [0, 0.05) is 7.05 Å². The molecule has 5 heteroatoms. The normalized spacial score (nSPS) is 11.6. The van der Waals surface area contributed by atoms with Gasteiger partial charge in [-0.2, -0.15) is 0 Å². The number of ether oxygens (including phenoxy) is 1. The van der Waals surface area contributed by atoms with Crippen LogP contribution in [0.25, 0.3) is 0 Å². The smallest absolute Gasteiger partial charge is 0.415 e. The molecule has 0 aliphatic carbocycles. The third-order valence-electron chi connectivity index (χ3n) is 1.33. The summed E-state index contributed by atoms with van der Waals surface area (Å²) in [6, 6.07) is -0.566. The van der Waals surface area contributed by atoms with Gasteiger partial charge in [-0.1, -0.05) is 6.92 Å². The molecule has 0 saturated carbocycles. The van der Waals surface area contributed by atoms with E-state index in [9.17, 15) is 9.59 Å². The summed E-state index contributed by atoms with van der Waals surface area (Å²) >= 11 is 0. The monoisotopic (exact) mass is 174 g/mol. The van der Waals surface area contributed by atoms with Gasteiger partial charge in [0.05, 0.1) is 0 Å². The highest BCUT2D eigenvalue weighted by Crippen LogP contribution is 1.95. The molecule has 0 heterocycles. The number of carbonyl (C=O) groups excluding carboxylic acids is 2. The topological polar surface area (TPSA) is 67.4 Å². The fourth-order valence-electron chi connectivity index (χ4n) is 0.451. The van der Waals surface area contributed by atoms with Crippen molar-refractivity contribution in [2.75, 3.05) is 7.05 Å². The Bertz CT molecular complexity index is 170. The Hall–Kier alpha value is -1.26. The van der Waals surface area contributed by atoms with Gasteiger partial charge in [0.1, 0.15) is 6.10 Å². The standard InChI is InChI=1S/C7H14N2O3/c1-4-5(2)12-7(11)9-6(10)8-3/h5H,4H2,1-3H3,(H2,8,9,10,11). The molecule has 0 aromatic rings. The molecule has 0 aliphatic heterocycles. The summed E-state index contributed by atoms with van der Waals surface area (Å²) in [4.78, 5) is 21.4. The summed E-state index contributed by atoms with van der Waals surface area (Å²) in [5, 5.41) is 4.22. The van der Waals surface area contributed by atoms with E-state index in [1.54, 1.807) is 6.92 Å². The zero-order valence-corrected chi connectivity index (χ0v) is 7.51. The van der Waals surface area contributed by atoms with Crippen LogP contribution in [0.1, 0.15) is 20.3 Å². The van der Waals surface area contributed by atoms with Crippen molar-refractivity contribution in [3.8, 4) is 0 Å². The van der Waals surface area contributed by atoms with Crippen molar-refractivity contribution >= 4 is 12.1 Å². The molecule has 0 spiro atoms. The lowest BCUT2D eigenvalue weighted by Crippen LogP contribution is -2.38. The Morgan fingerprint density at radius 1 is 1.50 bits per heavy atom. The number of hydrogen-bond donors (Lipinski definition) is 2. The van der Waals surface area contributed by atoms with E-state index in [1.807, 2.05) is 12.2 Å². The van der Waals surface area contributed by atoms with Gasteiger partial charge in [-0.15, -0.1) is 0 Å². The van der Waals surface area contributed by atoms with Crippen LogP contribution in [0, 0.1) is 0 Å². The van der Waals surface area contributed by atoms with Gasteiger partial charge in [0.2, 0.25) is 0 Å². The third kappa shape index (κ3) is 4.54. The number of urea groups is 1. The van der Waals surface area contributed by atoms with Crippen molar-refractivity contribution < 1.29 is 14.3 Å². The molecule has 2 N–H and O–H groups in total. The Labute approximate surface area is 71.5 Å². The second kappa shape index (κ2) is 5.40.